The maximum atomic E-state index is 12.0. The quantitative estimate of drug-likeness (QED) is 0.449. The van der Waals surface area contributed by atoms with E-state index in [1.165, 1.54) is 0 Å². The normalized spacial score (nSPS) is 10.4. The Morgan fingerprint density at radius 2 is 1.64 bits per heavy atom. The molecule has 0 amide bonds. The third-order valence-electron chi connectivity index (χ3n) is 3.25. The molecule has 25 heavy (non-hydrogen) atoms. The van der Waals surface area contributed by atoms with Crippen molar-refractivity contribution in [3.05, 3.63) is 74.9 Å². The van der Waals surface area contributed by atoms with Gasteiger partial charge in [0, 0.05) is 16.3 Å². The van der Waals surface area contributed by atoms with E-state index in [4.69, 9.17) is 0 Å². The van der Waals surface area contributed by atoms with Crippen molar-refractivity contribution in [1.82, 2.24) is 9.41 Å². The molecule has 0 aliphatic heterocycles. The zero-order valence-corrected chi connectivity index (χ0v) is 12.2. The Labute approximate surface area is 135 Å². The lowest BCUT2D eigenvalue weighted by Crippen LogP contribution is -2.44. The minimum atomic E-state index is -1.76. The summed E-state index contributed by atoms with van der Waals surface area (Å²) in [7, 11) is 0. The number of non-ortho nitro benzene ring substituents is 1. The highest BCUT2D eigenvalue weighted by atomic mass is 16.7. The molecule has 0 aliphatic rings. The smallest absolute Gasteiger partial charge is 0.423 e. The standard InChI is InChI=1S/C11H7N5O9/c1-5-9(13(19)11(18)12(10(5)17)16(24)25)7-3-2-6(14(20)21)4-8(7)15(22)23/h2-4,19H,1H3. The van der Waals surface area contributed by atoms with Gasteiger partial charge in [0.15, 0.2) is 5.03 Å². The topological polar surface area (TPSA) is 194 Å². The minimum absolute atomic E-state index is 0.298. The van der Waals surface area contributed by atoms with Crippen molar-refractivity contribution >= 4 is 11.4 Å². The highest BCUT2D eigenvalue weighted by Crippen LogP contribution is 2.33. The highest BCUT2D eigenvalue weighted by molar-refractivity contribution is 5.74. The molecule has 14 nitrogen and oxygen atoms in total. The van der Waals surface area contributed by atoms with Gasteiger partial charge in [0.25, 0.3) is 11.4 Å². The molecule has 1 aromatic heterocycles. The zero-order valence-electron chi connectivity index (χ0n) is 12.2. The van der Waals surface area contributed by atoms with Gasteiger partial charge in [0.05, 0.1) is 21.5 Å². The van der Waals surface area contributed by atoms with Crippen LogP contribution in [-0.4, -0.2) is 29.5 Å². The molecule has 0 unspecified atom stereocenters. The molecule has 0 saturated heterocycles. The third-order valence-corrected chi connectivity index (χ3v) is 3.25. The fourth-order valence-electron chi connectivity index (χ4n) is 2.14. The molecule has 0 bridgehead atoms. The van der Waals surface area contributed by atoms with Crippen LogP contribution < -0.4 is 11.2 Å². The molecule has 0 spiro atoms. The van der Waals surface area contributed by atoms with Crippen LogP contribution in [0.4, 0.5) is 11.4 Å². The molecule has 2 aromatic rings. The van der Waals surface area contributed by atoms with E-state index in [9.17, 15) is 45.1 Å². The largest absolute Gasteiger partial charge is 0.424 e. The van der Waals surface area contributed by atoms with Crippen LogP contribution in [0.1, 0.15) is 5.56 Å². The molecule has 1 aromatic carbocycles. The Morgan fingerprint density at radius 3 is 2.12 bits per heavy atom. The van der Waals surface area contributed by atoms with Gasteiger partial charge in [0.1, 0.15) is 5.69 Å². The molecule has 0 radical (unpaired) electrons. The first-order valence-electron chi connectivity index (χ1n) is 6.23. The van der Waals surface area contributed by atoms with Gasteiger partial charge in [0.2, 0.25) is 0 Å². The lowest BCUT2D eigenvalue weighted by molar-refractivity contribution is -0.549. The lowest BCUT2D eigenvalue weighted by atomic mass is 10.0. The molecule has 0 saturated carbocycles. The van der Waals surface area contributed by atoms with Crippen molar-refractivity contribution in [3.8, 4) is 11.3 Å². The Hall–Kier alpha value is -4.10. The van der Waals surface area contributed by atoms with Crippen LogP contribution in [-0.2, 0) is 0 Å². The fourth-order valence-corrected chi connectivity index (χ4v) is 2.14. The van der Waals surface area contributed by atoms with Gasteiger partial charge < -0.3 is 5.21 Å². The molecule has 0 aliphatic carbocycles. The van der Waals surface area contributed by atoms with E-state index in [0.29, 0.717) is 6.07 Å². The molecule has 2 rings (SSSR count). The number of nitro benzene ring substituents is 2. The van der Waals surface area contributed by atoms with Gasteiger partial charge in [-0.25, -0.2) is 14.9 Å². The van der Waals surface area contributed by atoms with Crippen LogP contribution in [0, 0.1) is 37.3 Å². The summed E-state index contributed by atoms with van der Waals surface area (Å²) in [6, 6.07) is 2.27. The van der Waals surface area contributed by atoms with Crippen molar-refractivity contribution in [3.63, 3.8) is 0 Å². The molecular formula is C11H7N5O9. The van der Waals surface area contributed by atoms with Crippen molar-refractivity contribution < 1.29 is 20.1 Å². The van der Waals surface area contributed by atoms with Crippen molar-refractivity contribution in [1.29, 1.82) is 0 Å². The number of aromatic nitrogens is 2. The number of nitro groups is 3. The maximum Gasteiger partial charge on any atom is 0.424 e. The van der Waals surface area contributed by atoms with Crippen LogP contribution in [0.5, 0.6) is 0 Å². The summed E-state index contributed by atoms with van der Waals surface area (Å²) in [5.41, 5.74) is -6.42. The Bertz CT molecular complexity index is 1010. The first-order chi connectivity index (χ1) is 11.6. The summed E-state index contributed by atoms with van der Waals surface area (Å²) >= 11 is 0. The fraction of sp³-hybridized carbons (Fsp3) is 0.0909. The van der Waals surface area contributed by atoms with Gasteiger partial charge in [-0.3, -0.25) is 25.0 Å². The average Bonchev–Trinajstić information content (AvgIpc) is 2.53. The van der Waals surface area contributed by atoms with E-state index in [0.717, 1.165) is 19.1 Å². The van der Waals surface area contributed by atoms with Gasteiger partial charge in [-0.05, 0) is 13.0 Å². The average molecular weight is 353 g/mol. The Kier molecular flexibility index (Phi) is 4.03. The molecule has 0 atom stereocenters. The van der Waals surface area contributed by atoms with Gasteiger partial charge in [-0.15, -0.1) is 4.73 Å². The number of hydrogen-bond donors (Lipinski definition) is 1. The zero-order chi connectivity index (χ0) is 19.0. The van der Waals surface area contributed by atoms with Crippen LogP contribution in [0.15, 0.2) is 27.8 Å². The molecular weight excluding hydrogens is 346 g/mol. The van der Waals surface area contributed by atoms with E-state index in [1.54, 1.807) is 0 Å². The van der Waals surface area contributed by atoms with E-state index in [1.807, 2.05) is 0 Å². The van der Waals surface area contributed by atoms with E-state index in [-0.39, 0.29) is 4.73 Å². The van der Waals surface area contributed by atoms with E-state index < -0.39 is 59.0 Å². The minimum Gasteiger partial charge on any atom is -0.423 e. The lowest BCUT2D eigenvalue weighted by Gasteiger charge is -2.10. The van der Waals surface area contributed by atoms with E-state index in [2.05, 4.69) is 0 Å². The number of benzene rings is 1. The number of hydrogen-bond acceptors (Lipinski definition) is 9. The first kappa shape index (κ1) is 17.3. The second-order valence-corrected chi connectivity index (χ2v) is 4.64. The summed E-state index contributed by atoms with van der Waals surface area (Å²) in [5.74, 6) is 0. The summed E-state index contributed by atoms with van der Waals surface area (Å²) < 4.78 is -0.774. The molecule has 130 valence electrons. The molecule has 0 fully saturated rings. The van der Waals surface area contributed by atoms with Gasteiger partial charge >= 0.3 is 11.2 Å². The second kappa shape index (κ2) is 5.84. The van der Waals surface area contributed by atoms with Crippen LogP contribution in [0.2, 0.25) is 0 Å². The first-order valence-corrected chi connectivity index (χ1v) is 6.23. The Morgan fingerprint density at radius 1 is 1.04 bits per heavy atom. The molecule has 1 heterocycles. The SMILES string of the molecule is Cc1c(-c2ccc([N+](=O)[O-])cc2[N+](=O)[O-])n(O)c(=O)n([N+](=O)[O-])c1=O. The monoisotopic (exact) mass is 353 g/mol. The predicted molar refractivity (Wildman–Crippen MR) is 78.0 cm³/mol. The number of rotatable bonds is 4. The van der Waals surface area contributed by atoms with Crippen molar-refractivity contribution in [2.24, 2.45) is 0 Å². The third kappa shape index (κ3) is 2.67. The summed E-state index contributed by atoms with van der Waals surface area (Å²) in [6.07, 6.45) is 0. The predicted octanol–water partition coefficient (Wildman–Crippen LogP) is 0.0789. The van der Waals surface area contributed by atoms with Crippen LogP contribution >= 0.6 is 0 Å². The molecule has 1 N–H and O–H groups in total. The molecule has 14 heteroatoms. The van der Waals surface area contributed by atoms with Crippen molar-refractivity contribution in [2.45, 2.75) is 6.92 Å². The maximum absolute atomic E-state index is 12.0. The second-order valence-electron chi connectivity index (χ2n) is 4.64. The summed E-state index contributed by atoms with van der Waals surface area (Å²) in [6.45, 7) is 0.995. The van der Waals surface area contributed by atoms with Crippen LogP contribution in [0.25, 0.3) is 11.3 Å². The van der Waals surface area contributed by atoms with Gasteiger partial charge in [-0.1, -0.05) is 0 Å². The summed E-state index contributed by atoms with van der Waals surface area (Å²) in [5, 5.41) is 41.1. The van der Waals surface area contributed by atoms with E-state index >= 15 is 0 Å². The highest BCUT2D eigenvalue weighted by Gasteiger charge is 2.29. The number of nitrogens with zero attached hydrogens (tertiary/aromatic N) is 5. The van der Waals surface area contributed by atoms with Crippen molar-refractivity contribution in [2.75, 3.05) is 0 Å². The Balaban J connectivity index is 2.96. The summed E-state index contributed by atoms with van der Waals surface area (Å²) in [4.78, 5) is 54.5. The van der Waals surface area contributed by atoms with Crippen LogP contribution in [0.3, 0.4) is 0 Å². The van der Waals surface area contributed by atoms with Gasteiger partial charge in [-0.2, -0.15) is 0 Å².